The van der Waals surface area contributed by atoms with Crippen molar-refractivity contribution in [2.75, 3.05) is 19.8 Å². The summed E-state index contributed by atoms with van der Waals surface area (Å²) in [4.78, 5) is 19.7. The quantitative estimate of drug-likeness (QED) is 0.401. The lowest BCUT2D eigenvalue weighted by Gasteiger charge is -2.28. The lowest BCUT2D eigenvalue weighted by Crippen LogP contribution is -2.13. The maximum absolute atomic E-state index is 9.85. The van der Waals surface area contributed by atoms with Crippen molar-refractivity contribution in [2.24, 2.45) is 0 Å². The first kappa shape index (κ1) is 11.3. The molecule has 0 aromatic heterocycles. The molecule has 0 spiro atoms. The Labute approximate surface area is 68.1 Å². The first-order chi connectivity index (χ1) is 5.27. The molecule has 0 saturated heterocycles. The second-order valence-electron chi connectivity index (χ2n) is 2.02. The molecule has 0 saturated carbocycles. The topological polar surface area (TPSA) is 64.6 Å². The van der Waals surface area contributed by atoms with Gasteiger partial charge in [0.25, 0.3) is 0 Å². The Morgan fingerprint density at radius 3 is 2.45 bits per heavy atom. The molecule has 5 heteroatoms. The van der Waals surface area contributed by atoms with Gasteiger partial charge in [0.15, 0.2) is 0 Å². The average Bonchev–Trinajstić information content (AvgIpc) is 1.96. The van der Waals surface area contributed by atoms with Gasteiger partial charge in [-0.3, -0.25) is 0 Å². The first-order valence-electron chi connectivity index (χ1n) is 3.62. The van der Waals surface area contributed by atoms with Gasteiger partial charge >= 0.3 is 0 Å². The van der Waals surface area contributed by atoms with Gasteiger partial charge in [0.2, 0.25) is 0 Å². The van der Waals surface area contributed by atoms with Gasteiger partial charge in [0.05, 0.1) is 13.2 Å². The molecular weight excluding hydrogens is 167 g/mol. The van der Waals surface area contributed by atoms with Gasteiger partial charge in [-0.1, -0.05) is 13.3 Å². The molecule has 0 aliphatic rings. The number of hydrogen-bond acceptors (Lipinski definition) is 4. The van der Waals surface area contributed by atoms with Gasteiger partial charge < -0.3 is 19.0 Å². The molecule has 0 heterocycles. The maximum atomic E-state index is 9.85. The highest BCUT2D eigenvalue weighted by molar-refractivity contribution is 7.36. The van der Waals surface area contributed by atoms with Gasteiger partial charge in [-0.15, -0.1) is 0 Å². The van der Waals surface area contributed by atoms with E-state index in [1.54, 1.807) is 0 Å². The van der Waals surface area contributed by atoms with E-state index in [-0.39, 0.29) is 6.61 Å². The fourth-order valence-corrected chi connectivity index (χ4v) is 0.743. The van der Waals surface area contributed by atoms with Crippen molar-refractivity contribution >= 4 is 8.60 Å². The van der Waals surface area contributed by atoms with E-state index < -0.39 is 8.60 Å². The monoisotopic (exact) mass is 180 g/mol. The molecule has 0 aliphatic heterocycles. The zero-order valence-corrected chi connectivity index (χ0v) is 7.51. The number of hydrogen-bond donors (Lipinski definition) is 0. The molecule has 4 nitrogen and oxygen atoms in total. The summed E-state index contributed by atoms with van der Waals surface area (Å²) in [7, 11) is -2.70. The Balaban J connectivity index is 2.80. The van der Waals surface area contributed by atoms with Crippen LogP contribution in [0.5, 0.6) is 0 Å². The van der Waals surface area contributed by atoms with Crippen molar-refractivity contribution in [3.63, 3.8) is 0 Å². The van der Waals surface area contributed by atoms with Crippen molar-refractivity contribution in [2.45, 2.75) is 19.8 Å². The standard InChI is InChI=1S/C6H13O4P/c1-2-3-4-9-5-6-10-11(7)8/h2-6H2,1H3/q-2. The van der Waals surface area contributed by atoms with Gasteiger partial charge in [-0.2, -0.15) is 8.60 Å². The van der Waals surface area contributed by atoms with Gasteiger partial charge in [-0.25, -0.2) is 0 Å². The highest BCUT2D eigenvalue weighted by atomic mass is 31.2. The Kier molecular flexibility index (Phi) is 8.57. The largest absolute Gasteiger partial charge is 0.820 e. The normalized spacial score (nSPS) is 10.9. The predicted octanol–water partition coefficient (Wildman–Crippen LogP) is -0.233. The van der Waals surface area contributed by atoms with E-state index in [1.165, 1.54) is 0 Å². The Morgan fingerprint density at radius 1 is 1.18 bits per heavy atom. The Morgan fingerprint density at radius 2 is 1.91 bits per heavy atom. The molecule has 0 atom stereocenters. The lowest BCUT2D eigenvalue weighted by molar-refractivity contribution is -0.318. The summed E-state index contributed by atoms with van der Waals surface area (Å²) in [6, 6.07) is 0. The number of ether oxygens (including phenoxy) is 1. The first-order valence-corrected chi connectivity index (χ1v) is 4.72. The molecule has 0 aliphatic carbocycles. The van der Waals surface area contributed by atoms with E-state index in [0.29, 0.717) is 13.2 Å². The molecule has 0 amide bonds. The average molecular weight is 180 g/mol. The van der Waals surface area contributed by atoms with Gasteiger partial charge in [0, 0.05) is 6.61 Å². The summed E-state index contributed by atoms with van der Waals surface area (Å²) in [5, 5.41) is 0. The molecule has 0 fully saturated rings. The fourth-order valence-electron chi connectivity index (χ4n) is 0.519. The maximum Gasteiger partial charge on any atom is 0.0710 e. The van der Waals surface area contributed by atoms with Crippen LogP contribution >= 0.6 is 8.60 Å². The van der Waals surface area contributed by atoms with Gasteiger partial charge in [0.1, 0.15) is 0 Å². The van der Waals surface area contributed by atoms with Crippen LogP contribution in [0.2, 0.25) is 0 Å². The Bertz CT molecular complexity index is 79.0. The van der Waals surface area contributed by atoms with Crippen molar-refractivity contribution in [3.05, 3.63) is 0 Å². The van der Waals surface area contributed by atoms with Crippen LogP contribution < -0.4 is 9.79 Å². The molecule has 11 heavy (non-hydrogen) atoms. The minimum absolute atomic E-state index is 0.127. The second kappa shape index (κ2) is 8.37. The summed E-state index contributed by atoms with van der Waals surface area (Å²) < 4.78 is 9.28. The third-order valence-corrected chi connectivity index (χ3v) is 1.46. The smallest absolute Gasteiger partial charge is 0.0710 e. The SMILES string of the molecule is CCCCOCCOP([O-])[O-]. The molecular formula is C6H13O4P-2. The molecule has 0 aromatic carbocycles. The second-order valence-corrected chi connectivity index (χ2v) is 2.73. The van der Waals surface area contributed by atoms with Crippen LogP contribution in [0, 0.1) is 0 Å². The highest BCUT2D eigenvalue weighted by Crippen LogP contribution is 2.10. The Hall–Kier alpha value is 0.270. The van der Waals surface area contributed by atoms with Crippen LogP contribution in [0.15, 0.2) is 0 Å². The molecule has 68 valence electrons. The lowest BCUT2D eigenvalue weighted by atomic mass is 10.4. The van der Waals surface area contributed by atoms with E-state index in [2.05, 4.69) is 11.4 Å². The van der Waals surface area contributed by atoms with E-state index in [9.17, 15) is 9.79 Å². The fraction of sp³-hybridized carbons (Fsp3) is 1.00. The van der Waals surface area contributed by atoms with Crippen LogP contribution in [-0.2, 0) is 9.26 Å². The van der Waals surface area contributed by atoms with Crippen LogP contribution in [0.25, 0.3) is 0 Å². The highest BCUT2D eigenvalue weighted by Gasteiger charge is 1.86. The summed E-state index contributed by atoms with van der Waals surface area (Å²) >= 11 is 0. The number of unbranched alkanes of at least 4 members (excludes halogenated alkanes) is 1. The summed E-state index contributed by atoms with van der Waals surface area (Å²) in [6.45, 7) is 3.22. The van der Waals surface area contributed by atoms with Gasteiger partial charge in [-0.05, 0) is 6.42 Å². The molecule has 0 unspecified atom stereocenters. The minimum Gasteiger partial charge on any atom is -0.820 e. The van der Waals surface area contributed by atoms with Crippen molar-refractivity contribution in [1.82, 2.24) is 0 Å². The molecule has 0 N–H and O–H groups in total. The third kappa shape index (κ3) is 10.3. The zero-order valence-electron chi connectivity index (χ0n) is 6.62. The van der Waals surface area contributed by atoms with Crippen molar-refractivity contribution < 1.29 is 19.0 Å². The van der Waals surface area contributed by atoms with Crippen LogP contribution in [-0.4, -0.2) is 19.8 Å². The van der Waals surface area contributed by atoms with Crippen LogP contribution in [0.1, 0.15) is 19.8 Å². The molecule has 0 bridgehead atoms. The summed E-state index contributed by atoms with van der Waals surface area (Å²) in [6.07, 6.45) is 2.08. The molecule has 0 radical (unpaired) electrons. The third-order valence-electron chi connectivity index (χ3n) is 1.07. The molecule has 0 rings (SSSR count). The van der Waals surface area contributed by atoms with Crippen molar-refractivity contribution in [3.8, 4) is 0 Å². The minimum atomic E-state index is -2.70. The van der Waals surface area contributed by atoms with Crippen LogP contribution in [0.3, 0.4) is 0 Å². The predicted molar refractivity (Wildman–Crippen MR) is 38.6 cm³/mol. The summed E-state index contributed by atoms with van der Waals surface area (Å²) in [5.74, 6) is 0. The van der Waals surface area contributed by atoms with Crippen LogP contribution in [0.4, 0.5) is 0 Å². The van der Waals surface area contributed by atoms with E-state index in [4.69, 9.17) is 4.74 Å². The van der Waals surface area contributed by atoms with Crippen molar-refractivity contribution in [1.29, 1.82) is 0 Å². The van der Waals surface area contributed by atoms with E-state index >= 15 is 0 Å². The van der Waals surface area contributed by atoms with E-state index in [1.807, 2.05) is 0 Å². The van der Waals surface area contributed by atoms with E-state index in [0.717, 1.165) is 12.8 Å². The summed E-state index contributed by atoms with van der Waals surface area (Å²) in [5.41, 5.74) is 0. The number of rotatable bonds is 7. The zero-order chi connectivity index (χ0) is 8.53. The molecule has 0 aromatic rings.